The molecule has 4 unspecified atom stereocenters. The van der Waals surface area contributed by atoms with Crippen molar-refractivity contribution in [3.8, 4) is 0 Å². The molecule has 1 aromatic carbocycles. The normalized spacial score (nSPS) is 43.9. The molecule has 0 radical (unpaired) electrons. The molecule has 3 aliphatic carbocycles. The van der Waals surface area contributed by atoms with Crippen molar-refractivity contribution >= 4 is 0 Å². The minimum Gasteiger partial charge on any atom is -0.390 e. The van der Waals surface area contributed by atoms with E-state index in [4.69, 9.17) is 0 Å². The quantitative estimate of drug-likeness (QED) is 0.731. The van der Waals surface area contributed by atoms with Crippen molar-refractivity contribution < 1.29 is 5.11 Å². The van der Waals surface area contributed by atoms with E-state index in [9.17, 15) is 5.11 Å². The maximum atomic E-state index is 11.4. The van der Waals surface area contributed by atoms with E-state index < -0.39 is 5.60 Å². The van der Waals surface area contributed by atoms with E-state index in [1.165, 1.54) is 44.1 Å². The zero-order valence-electron chi connectivity index (χ0n) is 16.0. The van der Waals surface area contributed by atoms with Crippen molar-refractivity contribution in [2.24, 2.45) is 16.7 Å². The van der Waals surface area contributed by atoms with Gasteiger partial charge < -0.3 is 5.11 Å². The number of rotatable bonds is 2. The highest BCUT2D eigenvalue weighted by Gasteiger charge is 2.68. The van der Waals surface area contributed by atoms with Crippen LogP contribution in [0.3, 0.4) is 0 Å². The Balaban J connectivity index is 1.82. The third-order valence-electron chi connectivity index (χ3n) is 8.78. The van der Waals surface area contributed by atoms with Crippen LogP contribution < -0.4 is 0 Å². The molecule has 24 heavy (non-hydrogen) atoms. The molecule has 2 saturated carbocycles. The zero-order valence-corrected chi connectivity index (χ0v) is 16.0. The van der Waals surface area contributed by atoms with E-state index in [1.807, 2.05) is 0 Å². The van der Waals surface area contributed by atoms with Crippen LogP contribution in [0.1, 0.15) is 88.3 Å². The predicted molar refractivity (Wildman–Crippen MR) is 100 cm³/mol. The summed E-state index contributed by atoms with van der Waals surface area (Å²) in [5, 5.41) is 11.4. The van der Waals surface area contributed by atoms with Crippen molar-refractivity contribution in [2.75, 3.05) is 0 Å². The molecular weight excluding hydrogens is 292 g/mol. The van der Waals surface area contributed by atoms with Crippen LogP contribution in [-0.2, 0) is 6.42 Å². The predicted octanol–water partition coefficient (Wildman–Crippen LogP) is 5.77. The van der Waals surface area contributed by atoms with Crippen LogP contribution in [0.4, 0.5) is 0 Å². The van der Waals surface area contributed by atoms with Crippen LogP contribution in [-0.4, -0.2) is 10.7 Å². The van der Waals surface area contributed by atoms with Gasteiger partial charge in [-0.15, -0.1) is 0 Å². The van der Waals surface area contributed by atoms with Crippen LogP contribution >= 0.6 is 0 Å². The first-order valence-electron chi connectivity index (χ1n) is 10.2. The second-order valence-corrected chi connectivity index (χ2v) is 9.21. The lowest BCUT2D eigenvalue weighted by atomic mass is 9.44. The lowest BCUT2D eigenvalue weighted by molar-refractivity contribution is -0.155. The molecule has 5 atom stereocenters. The number of aryl methyl sites for hydroxylation is 2. The molecule has 4 rings (SSSR count). The number of fused-ring (bicyclic) bond motifs is 5. The molecule has 132 valence electrons. The average Bonchev–Trinajstić information content (AvgIpc) is 2.82. The van der Waals surface area contributed by atoms with Gasteiger partial charge in [-0.3, -0.25) is 0 Å². The molecule has 1 heteroatoms. The van der Waals surface area contributed by atoms with Gasteiger partial charge in [0.2, 0.25) is 0 Å². The van der Waals surface area contributed by atoms with Crippen LogP contribution in [0.25, 0.3) is 0 Å². The molecule has 1 N–H and O–H groups in total. The molecule has 0 saturated heterocycles. The minimum absolute atomic E-state index is 0.137. The molecule has 0 bridgehead atoms. The molecular formula is C23H34O. The highest BCUT2D eigenvalue weighted by atomic mass is 16.3. The summed E-state index contributed by atoms with van der Waals surface area (Å²) < 4.78 is 0. The summed E-state index contributed by atoms with van der Waals surface area (Å²) in [6.45, 7) is 9.11. The summed E-state index contributed by atoms with van der Waals surface area (Å²) in [5.74, 6) is 1.49. The highest BCUT2D eigenvalue weighted by Crippen LogP contribution is 2.73. The highest BCUT2D eigenvalue weighted by molar-refractivity contribution is 5.39. The molecule has 0 amide bonds. The van der Waals surface area contributed by atoms with Gasteiger partial charge >= 0.3 is 0 Å². The smallest absolute Gasteiger partial charge is 0.0681 e. The van der Waals surface area contributed by atoms with Crippen molar-refractivity contribution in [1.82, 2.24) is 0 Å². The van der Waals surface area contributed by atoms with Gasteiger partial charge in [-0.2, -0.15) is 0 Å². The van der Waals surface area contributed by atoms with Crippen molar-refractivity contribution in [1.29, 1.82) is 0 Å². The van der Waals surface area contributed by atoms with Gasteiger partial charge in [0.25, 0.3) is 0 Å². The standard InChI is InChI=1S/C23H34O/c1-5-22-14-13-21(4,24)23(22,6-2)12-11-19-18-9-7-16(3)15-17(18)8-10-20(19)22/h7,9,15,19-20,24H,5-6,8,10-14H2,1-4H3/t19?,20?,21-,22?,23?/m0/s1. The fraction of sp³-hybridized carbons (Fsp3) is 0.739. The Morgan fingerprint density at radius 3 is 2.58 bits per heavy atom. The molecule has 1 nitrogen and oxygen atoms in total. The molecule has 0 heterocycles. The Kier molecular flexibility index (Phi) is 3.70. The third kappa shape index (κ3) is 1.86. The Morgan fingerprint density at radius 1 is 1.08 bits per heavy atom. The molecule has 1 aromatic rings. The summed E-state index contributed by atoms with van der Waals surface area (Å²) in [4.78, 5) is 0. The maximum Gasteiger partial charge on any atom is 0.0681 e. The number of hydrogen-bond acceptors (Lipinski definition) is 1. The first-order chi connectivity index (χ1) is 11.4. The van der Waals surface area contributed by atoms with Gasteiger partial charge in [-0.05, 0) is 93.6 Å². The van der Waals surface area contributed by atoms with Gasteiger partial charge in [0.05, 0.1) is 5.60 Å². The summed E-state index contributed by atoms with van der Waals surface area (Å²) in [5.41, 5.74) is 4.66. The average molecular weight is 327 g/mol. The topological polar surface area (TPSA) is 20.2 Å². The number of hydrogen-bond donors (Lipinski definition) is 1. The van der Waals surface area contributed by atoms with Gasteiger partial charge in [-0.25, -0.2) is 0 Å². The first-order valence-corrected chi connectivity index (χ1v) is 10.2. The van der Waals surface area contributed by atoms with Crippen LogP contribution in [0.2, 0.25) is 0 Å². The van der Waals surface area contributed by atoms with Gasteiger partial charge in [0.15, 0.2) is 0 Å². The van der Waals surface area contributed by atoms with Crippen molar-refractivity contribution in [2.45, 2.75) is 90.6 Å². The Hall–Kier alpha value is -0.820. The molecule has 3 aliphatic rings. The van der Waals surface area contributed by atoms with E-state index in [0.29, 0.717) is 5.41 Å². The third-order valence-corrected chi connectivity index (χ3v) is 8.78. The van der Waals surface area contributed by atoms with E-state index in [2.05, 4.69) is 45.9 Å². The summed E-state index contributed by atoms with van der Waals surface area (Å²) >= 11 is 0. The van der Waals surface area contributed by atoms with Crippen LogP contribution in [0, 0.1) is 23.7 Å². The first kappa shape index (κ1) is 16.6. The SMILES string of the molecule is CCC12CC[C@](C)(O)C1(CC)CCC1c3ccc(C)cc3CCC12. The monoisotopic (exact) mass is 326 g/mol. The lowest BCUT2D eigenvalue weighted by Gasteiger charge is -2.61. The maximum absolute atomic E-state index is 11.4. The molecule has 0 spiro atoms. The van der Waals surface area contributed by atoms with Crippen LogP contribution in [0.5, 0.6) is 0 Å². The number of aliphatic hydroxyl groups is 1. The minimum atomic E-state index is -0.476. The Labute approximate surface area is 147 Å². The summed E-state index contributed by atoms with van der Waals surface area (Å²) in [7, 11) is 0. The fourth-order valence-corrected chi connectivity index (χ4v) is 7.69. The molecule has 2 fully saturated rings. The summed E-state index contributed by atoms with van der Waals surface area (Å²) in [6, 6.07) is 7.17. The van der Waals surface area contributed by atoms with Gasteiger partial charge in [0.1, 0.15) is 0 Å². The second kappa shape index (κ2) is 5.34. The zero-order chi connectivity index (χ0) is 17.2. The van der Waals surface area contributed by atoms with Crippen molar-refractivity contribution in [3.05, 3.63) is 34.9 Å². The van der Waals surface area contributed by atoms with E-state index >= 15 is 0 Å². The molecule has 0 aromatic heterocycles. The van der Waals surface area contributed by atoms with Gasteiger partial charge in [0, 0.05) is 5.41 Å². The van der Waals surface area contributed by atoms with E-state index in [1.54, 1.807) is 11.1 Å². The van der Waals surface area contributed by atoms with Crippen LogP contribution in [0.15, 0.2) is 18.2 Å². The fourth-order valence-electron chi connectivity index (χ4n) is 7.69. The Bertz CT molecular complexity index is 645. The Morgan fingerprint density at radius 2 is 1.88 bits per heavy atom. The van der Waals surface area contributed by atoms with E-state index in [-0.39, 0.29) is 5.41 Å². The largest absolute Gasteiger partial charge is 0.390 e. The van der Waals surface area contributed by atoms with Gasteiger partial charge in [-0.1, -0.05) is 37.6 Å². The van der Waals surface area contributed by atoms with Crippen molar-refractivity contribution in [3.63, 3.8) is 0 Å². The second-order valence-electron chi connectivity index (χ2n) is 9.21. The van der Waals surface area contributed by atoms with E-state index in [0.717, 1.165) is 24.7 Å². The number of benzene rings is 1. The lowest BCUT2D eigenvalue weighted by Crippen LogP contribution is -2.57. The molecule has 0 aliphatic heterocycles. The summed E-state index contributed by atoms with van der Waals surface area (Å²) in [6.07, 6.45) is 9.64.